The fraction of sp³-hybridized carbons (Fsp3) is 0.367. The van der Waals surface area contributed by atoms with Gasteiger partial charge in [-0.3, -0.25) is 14.2 Å². The van der Waals surface area contributed by atoms with E-state index in [1.165, 1.54) is 0 Å². The van der Waals surface area contributed by atoms with Gasteiger partial charge in [-0.1, -0.05) is 67.9 Å². The summed E-state index contributed by atoms with van der Waals surface area (Å²) >= 11 is 0. The molecule has 2 aromatic heterocycles. The van der Waals surface area contributed by atoms with Gasteiger partial charge < -0.3 is 19.8 Å². The van der Waals surface area contributed by atoms with E-state index >= 15 is 0 Å². The summed E-state index contributed by atoms with van der Waals surface area (Å²) in [4.78, 5) is 45.2. The standard InChI is InChI=1S/C30H35N5O5/c1-4-10-21-13-15-23(16-14-21)28(36)34(18-9-17-31-30(38)39)24(5-2)26-32-27-25(20(3)33-40-27)29(37)35(26)19-22-11-7-6-8-12-22/h6-8,11-16,24,31H,4-5,9-10,17-19H2,1-3H3,(H,38,39). The van der Waals surface area contributed by atoms with Gasteiger partial charge in [0.25, 0.3) is 17.2 Å². The van der Waals surface area contributed by atoms with Crippen LogP contribution < -0.4 is 10.9 Å². The monoisotopic (exact) mass is 545 g/mol. The van der Waals surface area contributed by atoms with Crippen molar-refractivity contribution in [1.29, 1.82) is 0 Å². The second-order valence-corrected chi connectivity index (χ2v) is 9.75. The number of amides is 2. The molecule has 0 saturated carbocycles. The van der Waals surface area contributed by atoms with Crippen molar-refractivity contribution >= 4 is 23.1 Å². The minimum Gasteiger partial charge on any atom is -0.465 e. The van der Waals surface area contributed by atoms with Crippen molar-refractivity contribution in [3.63, 3.8) is 0 Å². The Bertz CT molecular complexity index is 1510. The summed E-state index contributed by atoms with van der Waals surface area (Å²) < 4.78 is 7.00. The maximum atomic E-state index is 14.0. The predicted molar refractivity (Wildman–Crippen MR) is 151 cm³/mol. The molecule has 10 heteroatoms. The molecular weight excluding hydrogens is 510 g/mol. The first-order chi connectivity index (χ1) is 19.3. The number of carbonyl (C=O) groups excluding carboxylic acids is 1. The lowest BCUT2D eigenvalue weighted by Crippen LogP contribution is -2.40. The lowest BCUT2D eigenvalue weighted by molar-refractivity contribution is 0.0654. The number of rotatable bonds is 12. The van der Waals surface area contributed by atoms with Gasteiger partial charge >= 0.3 is 6.09 Å². The number of carbonyl (C=O) groups is 2. The average molecular weight is 546 g/mol. The third-order valence-electron chi connectivity index (χ3n) is 6.89. The molecule has 0 aliphatic carbocycles. The Kier molecular flexibility index (Phi) is 9.31. The third-order valence-corrected chi connectivity index (χ3v) is 6.89. The number of nitrogens with zero attached hydrogens (tertiary/aromatic N) is 4. The van der Waals surface area contributed by atoms with Gasteiger partial charge in [0, 0.05) is 18.7 Å². The van der Waals surface area contributed by atoms with Gasteiger partial charge in [-0.25, -0.2) is 4.79 Å². The lowest BCUT2D eigenvalue weighted by Gasteiger charge is -2.32. The van der Waals surface area contributed by atoms with E-state index in [9.17, 15) is 14.4 Å². The summed E-state index contributed by atoms with van der Waals surface area (Å²) in [6, 6.07) is 16.5. The van der Waals surface area contributed by atoms with Gasteiger partial charge in [-0.2, -0.15) is 4.98 Å². The van der Waals surface area contributed by atoms with Crippen LogP contribution >= 0.6 is 0 Å². The largest absolute Gasteiger partial charge is 0.465 e. The highest BCUT2D eigenvalue weighted by Gasteiger charge is 2.30. The Hall–Kier alpha value is -4.47. The van der Waals surface area contributed by atoms with Crippen LogP contribution in [0, 0.1) is 6.92 Å². The first-order valence-corrected chi connectivity index (χ1v) is 13.6. The maximum Gasteiger partial charge on any atom is 0.404 e. The van der Waals surface area contributed by atoms with Crippen LogP contribution in [0.1, 0.15) is 72.2 Å². The second-order valence-electron chi connectivity index (χ2n) is 9.75. The van der Waals surface area contributed by atoms with Crippen molar-refractivity contribution in [2.75, 3.05) is 13.1 Å². The zero-order chi connectivity index (χ0) is 28.6. The molecule has 0 radical (unpaired) electrons. The first-order valence-electron chi connectivity index (χ1n) is 13.6. The summed E-state index contributed by atoms with van der Waals surface area (Å²) in [5.41, 5.74) is 2.86. The molecule has 1 unspecified atom stereocenters. The van der Waals surface area contributed by atoms with E-state index in [0.717, 1.165) is 24.0 Å². The van der Waals surface area contributed by atoms with Crippen LogP contribution in [0.5, 0.6) is 0 Å². The summed E-state index contributed by atoms with van der Waals surface area (Å²) in [7, 11) is 0. The first kappa shape index (κ1) is 28.5. The van der Waals surface area contributed by atoms with Crippen molar-refractivity contribution in [2.45, 2.75) is 59.0 Å². The molecule has 4 aromatic rings. The molecule has 0 aliphatic rings. The average Bonchev–Trinajstić information content (AvgIpc) is 3.33. The zero-order valence-electron chi connectivity index (χ0n) is 23.1. The number of fused-ring (bicyclic) bond motifs is 1. The number of nitrogens with one attached hydrogen (secondary N) is 1. The van der Waals surface area contributed by atoms with Crippen molar-refractivity contribution < 1.29 is 19.2 Å². The molecule has 2 heterocycles. The van der Waals surface area contributed by atoms with Crippen molar-refractivity contribution in [2.24, 2.45) is 0 Å². The van der Waals surface area contributed by atoms with Crippen molar-refractivity contribution in [1.82, 2.24) is 24.9 Å². The minimum atomic E-state index is -1.12. The normalized spacial score (nSPS) is 11.9. The lowest BCUT2D eigenvalue weighted by atomic mass is 10.0. The topological polar surface area (TPSA) is 131 Å². The Morgan fingerprint density at radius 2 is 1.80 bits per heavy atom. The molecule has 0 fully saturated rings. The van der Waals surface area contributed by atoms with E-state index in [1.807, 2.05) is 61.5 Å². The SMILES string of the molecule is CCCc1ccc(C(=O)N(CCCNC(=O)O)C(CC)c2nc3onc(C)c3c(=O)n2Cc2ccccc2)cc1. The van der Waals surface area contributed by atoms with Crippen LogP contribution in [0.25, 0.3) is 11.1 Å². The third kappa shape index (κ3) is 6.39. The molecule has 2 N–H and O–H groups in total. The number of benzene rings is 2. The molecular formula is C30H35N5O5. The molecule has 4 rings (SSSR count). The Morgan fingerprint density at radius 3 is 2.45 bits per heavy atom. The Balaban J connectivity index is 1.80. The van der Waals surface area contributed by atoms with Gasteiger partial charge in [-0.05, 0) is 49.4 Å². The highest BCUT2D eigenvalue weighted by Crippen LogP contribution is 2.27. The van der Waals surface area contributed by atoms with E-state index in [0.29, 0.717) is 35.3 Å². The molecule has 40 heavy (non-hydrogen) atoms. The summed E-state index contributed by atoms with van der Waals surface area (Å²) in [6.07, 6.45) is 1.65. The van der Waals surface area contributed by atoms with Crippen LogP contribution in [0.3, 0.4) is 0 Å². The number of hydrogen-bond donors (Lipinski definition) is 2. The summed E-state index contributed by atoms with van der Waals surface area (Å²) in [5.74, 6) is 0.168. The molecule has 0 saturated heterocycles. The molecule has 10 nitrogen and oxygen atoms in total. The molecule has 0 spiro atoms. The number of hydrogen-bond acceptors (Lipinski definition) is 6. The minimum absolute atomic E-state index is 0.129. The van der Waals surface area contributed by atoms with Crippen LogP contribution in [-0.4, -0.2) is 49.8 Å². The fourth-order valence-corrected chi connectivity index (χ4v) is 4.91. The maximum absolute atomic E-state index is 14.0. The quantitative estimate of drug-likeness (QED) is 0.241. The van der Waals surface area contributed by atoms with E-state index in [1.54, 1.807) is 16.4 Å². The fourth-order valence-electron chi connectivity index (χ4n) is 4.91. The molecule has 1 atom stereocenters. The second kappa shape index (κ2) is 13.1. The molecule has 2 aromatic carbocycles. The van der Waals surface area contributed by atoms with Gasteiger partial charge in [0.2, 0.25) is 0 Å². The van der Waals surface area contributed by atoms with E-state index in [2.05, 4.69) is 17.4 Å². The van der Waals surface area contributed by atoms with Gasteiger partial charge in [0.1, 0.15) is 11.2 Å². The van der Waals surface area contributed by atoms with Gasteiger partial charge in [0.05, 0.1) is 18.3 Å². The Morgan fingerprint density at radius 1 is 1.07 bits per heavy atom. The van der Waals surface area contributed by atoms with E-state index in [-0.39, 0.29) is 36.8 Å². The highest BCUT2D eigenvalue weighted by molar-refractivity contribution is 5.94. The van der Waals surface area contributed by atoms with Crippen LogP contribution in [0.2, 0.25) is 0 Å². The number of aryl methyl sites for hydroxylation is 2. The summed E-state index contributed by atoms with van der Waals surface area (Å²) in [6.45, 7) is 6.42. The zero-order valence-corrected chi connectivity index (χ0v) is 23.1. The number of carboxylic acid groups (broad SMARTS) is 1. The van der Waals surface area contributed by atoms with E-state index in [4.69, 9.17) is 14.6 Å². The van der Waals surface area contributed by atoms with E-state index < -0.39 is 12.1 Å². The molecule has 0 bridgehead atoms. The van der Waals surface area contributed by atoms with Crippen molar-refractivity contribution in [3.8, 4) is 0 Å². The van der Waals surface area contributed by atoms with Crippen LogP contribution in [-0.2, 0) is 13.0 Å². The van der Waals surface area contributed by atoms with Crippen LogP contribution in [0.4, 0.5) is 4.79 Å². The van der Waals surface area contributed by atoms with Crippen LogP contribution in [0.15, 0.2) is 63.9 Å². The summed E-state index contributed by atoms with van der Waals surface area (Å²) in [5, 5.41) is 15.7. The molecule has 0 aliphatic heterocycles. The van der Waals surface area contributed by atoms with Gasteiger partial charge in [0.15, 0.2) is 0 Å². The molecule has 210 valence electrons. The number of aromatic nitrogens is 3. The molecule has 2 amide bonds. The van der Waals surface area contributed by atoms with Gasteiger partial charge in [-0.15, -0.1) is 0 Å². The Labute approximate surface area is 232 Å². The smallest absolute Gasteiger partial charge is 0.404 e. The predicted octanol–water partition coefficient (Wildman–Crippen LogP) is 4.94. The highest BCUT2D eigenvalue weighted by atomic mass is 16.5. The van der Waals surface area contributed by atoms with Crippen molar-refractivity contribution in [3.05, 3.63) is 93.2 Å².